The molecule has 1 aromatic heterocycles. The molecule has 1 saturated carbocycles. The van der Waals surface area contributed by atoms with Crippen LogP contribution in [-0.2, 0) is 4.79 Å². The minimum Gasteiger partial charge on any atom is -0.340 e. The van der Waals surface area contributed by atoms with Crippen LogP contribution in [0.25, 0.3) is 0 Å². The highest BCUT2D eigenvalue weighted by Crippen LogP contribution is 2.33. The average Bonchev–Trinajstić information content (AvgIpc) is 3.13. The number of hydrogen-bond donors (Lipinski definition) is 0. The lowest BCUT2D eigenvalue weighted by molar-refractivity contribution is -0.144. The summed E-state index contributed by atoms with van der Waals surface area (Å²) in [6.07, 6.45) is 11.3. The number of amides is 2. The summed E-state index contributed by atoms with van der Waals surface area (Å²) in [4.78, 5) is 37.4. The van der Waals surface area contributed by atoms with Crippen molar-refractivity contribution in [3.05, 3.63) is 24.3 Å². The van der Waals surface area contributed by atoms with Gasteiger partial charge in [0.05, 0.1) is 5.56 Å². The smallest absolute Gasteiger partial charge is 0.257 e. The van der Waals surface area contributed by atoms with E-state index in [1.54, 1.807) is 4.90 Å². The SMILES string of the molecule is O=C1[C@H]2C[C@H](CCN2C(=O)c2cncnc2)CN1CC1CCCC1. The monoisotopic (exact) mass is 328 g/mol. The Morgan fingerprint density at radius 3 is 2.67 bits per heavy atom. The fourth-order valence-electron chi connectivity index (χ4n) is 4.54. The summed E-state index contributed by atoms with van der Waals surface area (Å²) in [5, 5.41) is 0. The van der Waals surface area contributed by atoms with Gasteiger partial charge in [0.2, 0.25) is 5.91 Å². The Bertz CT molecular complexity index is 615. The van der Waals surface area contributed by atoms with Gasteiger partial charge in [-0.15, -0.1) is 0 Å². The van der Waals surface area contributed by atoms with Gasteiger partial charge in [-0.2, -0.15) is 0 Å². The van der Waals surface area contributed by atoms with E-state index in [1.165, 1.54) is 44.4 Å². The molecule has 2 saturated heterocycles. The normalized spacial score (nSPS) is 27.6. The van der Waals surface area contributed by atoms with E-state index >= 15 is 0 Å². The predicted molar refractivity (Wildman–Crippen MR) is 88.1 cm³/mol. The Hall–Kier alpha value is -1.98. The second-order valence-corrected chi connectivity index (χ2v) is 7.43. The minimum atomic E-state index is -0.299. The minimum absolute atomic E-state index is 0.116. The van der Waals surface area contributed by atoms with Crippen molar-refractivity contribution in [2.45, 2.75) is 44.6 Å². The van der Waals surface area contributed by atoms with E-state index in [2.05, 4.69) is 9.97 Å². The molecule has 24 heavy (non-hydrogen) atoms. The Morgan fingerprint density at radius 2 is 1.92 bits per heavy atom. The molecule has 3 heterocycles. The summed E-state index contributed by atoms with van der Waals surface area (Å²) in [5.41, 5.74) is 0.469. The summed E-state index contributed by atoms with van der Waals surface area (Å²) < 4.78 is 0. The number of hydrogen-bond acceptors (Lipinski definition) is 4. The first kappa shape index (κ1) is 15.5. The summed E-state index contributed by atoms with van der Waals surface area (Å²) in [5.74, 6) is 1.21. The number of aromatic nitrogens is 2. The molecule has 2 atom stereocenters. The maximum atomic E-state index is 13.0. The third kappa shape index (κ3) is 2.89. The summed E-state index contributed by atoms with van der Waals surface area (Å²) in [6, 6.07) is -0.299. The van der Waals surface area contributed by atoms with Gasteiger partial charge in [0.25, 0.3) is 5.91 Å². The molecule has 0 aromatic carbocycles. The Labute approximate surface area is 142 Å². The lowest BCUT2D eigenvalue weighted by Gasteiger charge is -2.47. The highest BCUT2D eigenvalue weighted by atomic mass is 16.2. The van der Waals surface area contributed by atoms with Crippen LogP contribution in [0, 0.1) is 11.8 Å². The molecule has 128 valence electrons. The van der Waals surface area contributed by atoms with E-state index in [-0.39, 0.29) is 17.9 Å². The molecule has 6 nitrogen and oxygen atoms in total. The van der Waals surface area contributed by atoms with Gasteiger partial charge in [0.1, 0.15) is 12.4 Å². The lowest BCUT2D eigenvalue weighted by atomic mass is 9.85. The van der Waals surface area contributed by atoms with E-state index in [0.717, 1.165) is 25.9 Å². The van der Waals surface area contributed by atoms with Crippen molar-refractivity contribution in [1.82, 2.24) is 19.8 Å². The predicted octanol–water partition coefficient (Wildman–Crippen LogP) is 1.73. The van der Waals surface area contributed by atoms with Crippen molar-refractivity contribution in [1.29, 1.82) is 0 Å². The van der Waals surface area contributed by atoms with Crippen molar-refractivity contribution in [3.63, 3.8) is 0 Å². The molecule has 2 amide bonds. The molecule has 4 rings (SSSR count). The zero-order chi connectivity index (χ0) is 16.5. The van der Waals surface area contributed by atoms with Gasteiger partial charge >= 0.3 is 0 Å². The fourth-order valence-corrected chi connectivity index (χ4v) is 4.54. The van der Waals surface area contributed by atoms with Crippen molar-refractivity contribution in [3.8, 4) is 0 Å². The van der Waals surface area contributed by atoms with E-state index in [0.29, 0.717) is 23.9 Å². The number of piperidine rings is 2. The van der Waals surface area contributed by atoms with Crippen LogP contribution in [0.1, 0.15) is 48.9 Å². The quantitative estimate of drug-likeness (QED) is 0.847. The maximum absolute atomic E-state index is 13.0. The molecule has 0 spiro atoms. The number of rotatable bonds is 3. The molecule has 1 aromatic rings. The third-order valence-electron chi connectivity index (χ3n) is 5.81. The zero-order valence-electron chi connectivity index (χ0n) is 13.9. The summed E-state index contributed by atoms with van der Waals surface area (Å²) in [6.45, 7) is 2.41. The van der Waals surface area contributed by atoms with Crippen LogP contribution >= 0.6 is 0 Å². The number of likely N-dealkylation sites (tertiary alicyclic amines) is 2. The van der Waals surface area contributed by atoms with Gasteiger partial charge in [0.15, 0.2) is 0 Å². The van der Waals surface area contributed by atoms with Crippen molar-refractivity contribution in [2.75, 3.05) is 19.6 Å². The molecule has 3 aliphatic rings. The Morgan fingerprint density at radius 1 is 1.17 bits per heavy atom. The average molecular weight is 328 g/mol. The van der Waals surface area contributed by atoms with Crippen LogP contribution in [0.2, 0.25) is 0 Å². The molecule has 3 fully saturated rings. The molecule has 2 aliphatic heterocycles. The largest absolute Gasteiger partial charge is 0.340 e. The van der Waals surface area contributed by atoms with Crippen molar-refractivity contribution in [2.24, 2.45) is 11.8 Å². The first-order valence-electron chi connectivity index (χ1n) is 9.07. The van der Waals surface area contributed by atoms with Gasteiger partial charge in [0, 0.05) is 32.0 Å². The van der Waals surface area contributed by atoms with Crippen LogP contribution in [0.3, 0.4) is 0 Å². The third-order valence-corrected chi connectivity index (χ3v) is 5.81. The molecular formula is C18H24N4O2. The van der Waals surface area contributed by atoms with E-state index in [1.807, 2.05) is 4.90 Å². The van der Waals surface area contributed by atoms with Gasteiger partial charge < -0.3 is 9.80 Å². The Balaban J connectivity index is 1.50. The second-order valence-electron chi connectivity index (χ2n) is 7.43. The first-order chi connectivity index (χ1) is 11.7. The van der Waals surface area contributed by atoms with Crippen LogP contribution in [0.4, 0.5) is 0 Å². The number of nitrogens with zero attached hydrogens (tertiary/aromatic N) is 4. The topological polar surface area (TPSA) is 66.4 Å². The highest BCUT2D eigenvalue weighted by molar-refractivity contribution is 5.97. The highest BCUT2D eigenvalue weighted by Gasteiger charge is 2.43. The van der Waals surface area contributed by atoms with Gasteiger partial charge in [-0.3, -0.25) is 9.59 Å². The molecule has 1 aliphatic carbocycles. The summed E-state index contributed by atoms with van der Waals surface area (Å²) >= 11 is 0. The standard InChI is InChI=1S/C18H24N4O2/c23-17(15-8-19-12-20-9-15)22-6-5-14-7-16(22)18(24)21(11-14)10-13-3-1-2-4-13/h8-9,12-14,16H,1-7,10-11H2/t14-,16+/m0/s1. The maximum Gasteiger partial charge on any atom is 0.257 e. The molecule has 0 unspecified atom stereocenters. The number of carbonyl (C=O) groups excluding carboxylic acids is 2. The van der Waals surface area contributed by atoms with Gasteiger partial charge in [-0.1, -0.05) is 12.8 Å². The molecule has 0 radical (unpaired) electrons. The van der Waals surface area contributed by atoms with Crippen LogP contribution in [0.15, 0.2) is 18.7 Å². The van der Waals surface area contributed by atoms with Crippen molar-refractivity contribution >= 4 is 11.8 Å². The van der Waals surface area contributed by atoms with Crippen LogP contribution in [0.5, 0.6) is 0 Å². The second kappa shape index (κ2) is 6.49. The van der Waals surface area contributed by atoms with Crippen LogP contribution in [-0.4, -0.2) is 57.3 Å². The fraction of sp³-hybridized carbons (Fsp3) is 0.667. The molecule has 2 bridgehead atoms. The first-order valence-corrected chi connectivity index (χ1v) is 9.07. The molecule has 0 N–H and O–H groups in total. The Kier molecular flexibility index (Phi) is 4.21. The van der Waals surface area contributed by atoms with E-state index in [9.17, 15) is 9.59 Å². The van der Waals surface area contributed by atoms with E-state index < -0.39 is 0 Å². The molecule has 6 heteroatoms. The molecular weight excluding hydrogens is 304 g/mol. The summed E-state index contributed by atoms with van der Waals surface area (Å²) in [7, 11) is 0. The van der Waals surface area contributed by atoms with Crippen molar-refractivity contribution < 1.29 is 9.59 Å². The number of fused-ring (bicyclic) bond motifs is 2. The van der Waals surface area contributed by atoms with Gasteiger partial charge in [-0.25, -0.2) is 9.97 Å². The van der Waals surface area contributed by atoms with Crippen LogP contribution < -0.4 is 0 Å². The zero-order valence-corrected chi connectivity index (χ0v) is 13.9. The number of carbonyl (C=O) groups is 2. The lowest BCUT2D eigenvalue weighted by Crippen LogP contribution is -2.60. The van der Waals surface area contributed by atoms with E-state index in [4.69, 9.17) is 0 Å². The van der Waals surface area contributed by atoms with Gasteiger partial charge in [-0.05, 0) is 37.5 Å².